The maximum absolute atomic E-state index is 5.70. The lowest BCUT2D eigenvalue weighted by Gasteiger charge is -2.08. The third-order valence-corrected chi connectivity index (χ3v) is 2.60. The van der Waals surface area contributed by atoms with Crippen LogP contribution in [-0.4, -0.2) is 16.6 Å². The minimum Gasteiger partial charge on any atom is -0.493 e. The van der Waals surface area contributed by atoms with Gasteiger partial charge in [0.05, 0.1) is 18.1 Å². The fourth-order valence-electron chi connectivity index (χ4n) is 1.50. The van der Waals surface area contributed by atoms with Crippen LogP contribution in [0.5, 0.6) is 5.75 Å². The van der Waals surface area contributed by atoms with Crippen LogP contribution >= 0.6 is 11.6 Å². The summed E-state index contributed by atoms with van der Waals surface area (Å²) in [5.74, 6) is 1.88. The first-order valence-corrected chi connectivity index (χ1v) is 5.97. The number of hydrogen-bond acceptors (Lipinski definition) is 3. The smallest absolute Gasteiger partial charge is 0.162 e. The Balaban J connectivity index is 2.37. The van der Waals surface area contributed by atoms with E-state index in [9.17, 15) is 0 Å². The molecule has 0 saturated heterocycles. The maximum atomic E-state index is 5.70. The summed E-state index contributed by atoms with van der Waals surface area (Å²) in [5.41, 5.74) is 1.81. The SMILES string of the molecule is CCOc1ccccc1-c1ncc(CCl)cn1. The molecule has 1 aromatic carbocycles. The van der Waals surface area contributed by atoms with Crippen molar-refractivity contribution in [2.24, 2.45) is 0 Å². The van der Waals surface area contributed by atoms with Crippen molar-refractivity contribution in [1.82, 2.24) is 9.97 Å². The number of halogens is 1. The van der Waals surface area contributed by atoms with E-state index in [2.05, 4.69) is 9.97 Å². The van der Waals surface area contributed by atoms with E-state index in [4.69, 9.17) is 16.3 Å². The molecule has 0 N–H and O–H groups in total. The number of aromatic nitrogens is 2. The van der Waals surface area contributed by atoms with Crippen LogP contribution in [0.25, 0.3) is 11.4 Å². The summed E-state index contributed by atoms with van der Waals surface area (Å²) in [7, 11) is 0. The molecular formula is C13H13ClN2O. The van der Waals surface area contributed by atoms with Crippen molar-refractivity contribution in [1.29, 1.82) is 0 Å². The van der Waals surface area contributed by atoms with Gasteiger partial charge in [0.15, 0.2) is 5.82 Å². The van der Waals surface area contributed by atoms with Gasteiger partial charge in [0.1, 0.15) is 5.75 Å². The molecule has 2 aromatic rings. The van der Waals surface area contributed by atoms with E-state index in [1.807, 2.05) is 31.2 Å². The standard InChI is InChI=1S/C13H13ClN2O/c1-2-17-12-6-4-3-5-11(12)13-15-8-10(7-14)9-16-13/h3-6,8-9H,2,7H2,1H3. The van der Waals surface area contributed by atoms with Gasteiger partial charge in [-0.3, -0.25) is 0 Å². The highest BCUT2D eigenvalue weighted by Crippen LogP contribution is 2.26. The molecule has 0 fully saturated rings. The van der Waals surface area contributed by atoms with Gasteiger partial charge in [0, 0.05) is 18.0 Å². The minimum absolute atomic E-state index is 0.424. The number of rotatable bonds is 4. The van der Waals surface area contributed by atoms with Crippen LogP contribution in [-0.2, 0) is 5.88 Å². The highest BCUT2D eigenvalue weighted by atomic mass is 35.5. The number of hydrogen-bond donors (Lipinski definition) is 0. The van der Waals surface area contributed by atoms with Gasteiger partial charge in [-0.2, -0.15) is 0 Å². The van der Waals surface area contributed by atoms with E-state index in [0.29, 0.717) is 18.3 Å². The van der Waals surface area contributed by atoms with E-state index in [-0.39, 0.29) is 0 Å². The Kier molecular flexibility index (Phi) is 3.94. The maximum Gasteiger partial charge on any atom is 0.162 e. The van der Waals surface area contributed by atoms with Gasteiger partial charge in [0.2, 0.25) is 0 Å². The fraction of sp³-hybridized carbons (Fsp3) is 0.231. The minimum atomic E-state index is 0.424. The summed E-state index contributed by atoms with van der Waals surface area (Å²) in [5, 5.41) is 0. The third kappa shape index (κ3) is 2.74. The summed E-state index contributed by atoms with van der Waals surface area (Å²) >= 11 is 5.70. The van der Waals surface area contributed by atoms with Crippen LogP contribution in [0, 0.1) is 0 Å². The summed E-state index contributed by atoms with van der Waals surface area (Å²) < 4.78 is 5.54. The van der Waals surface area contributed by atoms with Crippen LogP contribution in [0.1, 0.15) is 12.5 Å². The number of benzene rings is 1. The Hall–Kier alpha value is -1.61. The van der Waals surface area contributed by atoms with Crippen molar-refractivity contribution in [2.75, 3.05) is 6.61 Å². The average Bonchev–Trinajstić information content (AvgIpc) is 2.40. The molecule has 0 saturated carbocycles. The van der Waals surface area contributed by atoms with Gasteiger partial charge in [-0.1, -0.05) is 12.1 Å². The van der Waals surface area contributed by atoms with Gasteiger partial charge in [-0.05, 0) is 19.1 Å². The Morgan fingerprint density at radius 1 is 1.18 bits per heavy atom. The number of para-hydroxylation sites is 1. The zero-order valence-electron chi connectivity index (χ0n) is 9.56. The molecule has 0 unspecified atom stereocenters. The summed E-state index contributed by atoms with van der Waals surface area (Å²) in [4.78, 5) is 8.57. The lowest BCUT2D eigenvalue weighted by atomic mass is 10.2. The zero-order valence-corrected chi connectivity index (χ0v) is 10.3. The van der Waals surface area contributed by atoms with Gasteiger partial charge >= 0.3 is 0 Å². The van der Waals surface area contributed by atoms with Gasteiger partial charge in [-0.15, -0.1) is 11.6 Å². The van der Waals surface area contributed by atoms with Crippen molar-refractivity contribution < 1.29 is 4.74 Å². The van der Waals surface area contributed by atoms with Crippen LogP contribution in [0.3, 0.4) is 0 Å². The van der Waals surface area contributed by atoms with E-state index in [0.717, 1.165) is 16.9 Å². The van der Waals surface area contributed by atoms with Crippen LogP contribution in [0.2, 0.25) is 0 Å². The molecule has 0 spiro atoms. The molecule has 0 bridgehead atoms. The molecule has 17 heavy (non-hydrogen) atoms. The van der Waals surface area contributed by atoms with E-state index in [1.165, 1.54) is 0 Å². The first-order valence-electron chi connectivity index (χ1n) is 5.44. The van der Waals surface area contributed by atoms with Crippen LogP contribution < -0.4 is 4.74 Å². The average molecular weight is 249 g/mol. The number of nitrogens with zero attached hydrogens (tertiary/aromatic N) is 2. The third-order valence-electron chi connectivity index (χ3n) is 2.29. The molecule has 0 amide bonds. The summed E-state index contributed by atoms with van der Waals surface area (Å²) in [6.07, 6.45) is 3.47. The van der Waals surface area contributed by atoms with Gasteiger partial charge in [-0.25, -0.2) is 9.97 Å². The van der Waals surface area contributed by atoms with Crippen molar-refractivity contribution in [2.45, 2.75) is 12.8 Å². The predicted molar refractivity (Wildman–Crippen MR) is 68.2 cm³/mol. The van der Waals surface area contributed by atoms with E-state index >= 15 is 0 Å². The fourth-order valence-corrected chi connectivity index (χ4v) is 1.63. The molecule has 1 heterocycles. The first kappa shape index (κ1) is 11.9. The molecule has 0 aliphatic carbocycles. The lowest BCUT2D eigenvalue weighted by molar-refractivity contribution is 0.341. The van der Waals surface area contributed by atoms with E-state index in [1.54, 1.807) is 12.4 Å². The van der Waals surface area contributed by atoms with Gasteiger partial charge < -0.3 is 4.74 Å². The molecule has 0 atom stereocenters. The quantitative estimate of drug-likeness (QED) is 0.779. The topological polar surface area (TPSA) is 35.0 Å². The molecule has 0 radical (unpaired) electrons. The summed E-state index contributed by atoms with van der Waals surface area (Å²) in [6.45, 7) is 2.57. The molecule has 88 valence electrons. The van der Waals surface area contributed by atoms with Crippen molar-refractivity contribution >= 4 is 11.6 Å². The molecular weight excluding hydrogens is 236 g/mol. The second-order valence-corrected chi connectivity index (χ2v) is 3.74. The second kappa shape index (κ2) is 5.64. The Bertz CT molecular complexity index is 485. The van der Waals surface area contributed by atoms with Crippen molar-refractivity contribution in [3.8, 4) is 17.1 Å². The Morgan fingerprint density at radius 2 is 1.88 bits per heavy atom. The molecule has 0 aliphatic heterocycles. The largest absolute Gasteiger partial charge is 0.493 e. The molecule has 1 aromatic heterocycles. The predicted octanol–water partition coefficient (Wildman–Crippen LogP) is 3.28. The lowest BCUT2D eigenvalue weighted by Crippen LogP contribution is -1.96. The Labute approximate surface area is 105 Å². The first-order chi connectivity index (χ1) is 8.35. The molecule has 3 nitrogen and oxygen atoms in total. The molecule has 2 rings (SSSR count). The highest BCUT2D eigenvalue weighted by molar-refractivity contribution is 6.17. The molecule has 0 aliphatic rings. The second-order valence-electron chi connectivity index (χ2n) is 3.48. The number of ether oxygens (including phenoxy) is 1. The number of alkyl halides is 1. The highest BCUT2D eigenvalue weighted by Gasteiger charge is 2.07. The monoisotopic (exact) mass is 248 g/mol. The summed E-state index contributed by atoms with van der Waals surface area (Å²) in [6, 6.07) is 7.73. The van der Waals surface area contributed by atoms with Crippen molar-refractivity contribution in [3.63, 3.8) is 0 Å². The van der Waals surface area contributed by atoms with Crippen molar-refractivity contribution in [3.05, 3.63) is 42.2 Å². The van der Waals surface area contributed by atoms with Crippen LogP contribution in [0.4, 0.5) is 0 Å². The van der Waals surface area contributed by atoms with Crippen LogP contribution in [0.15, 0.2) is 36.7 Å². The van der Waals surface area contributed by atoms with E-state index < -0.39 is 0 Å². The normalized spacial score (nSPS) is 10.2. The Morgan fingerprint density at radius 3 is 2.53 bits per heavy atom. The molecule has 4 heteroatoms. The zero-order chi connectivity index (χ0) is 12.1. The van der Waals surface area contributed by atoms with Gasteiger partial charge in [0.25, 0.3) is 0 Å².